The van der Waals surface area contributed by atoms with Gasteiger partial charge in [-0.3, -0.25) is 9.59 Å². The molecule has 0 aliphatic rings. The van der Waals surface area contributed by atoms with Crippen molar-refractivity contribution in [3.63, 3.8) is 0 Å². The van der Waals surface area contributed by atoms with Gasteiger partial charge < -0.3 is 9.47 Å². The van der Waals surface area contributed by atoms with Crippen molar-refractivity contribution in [2.45, 2.75) is 156 Å². The standard InChI is InChI=1S/C30H58O4/c1-5-9-21-27(7-3)25-33-29(31)23-19-17-15-13-11-12-14-16-18-20-24-30(32)34-26-28(8-4)22-10-6-2/h27-28H,5-26H2,1-4H3. The van der Waals surface area contributed by atoms with E-state index < -0.39 is 0 Å². The molecule has 2 atom stereocenters. The van der Waals surface area contributed by atoms with Crippen molar-refractivity contribution >= 4 is 11.9 Å². The zero-order chi connectivity index (χ0) is 25.3. The van der Waals surface area contributed by atoms with Gasteiger partial charge in [-0.2, -0.15) is 0 Å². The van der Waals surface area contributed by atoms with Gasteiger partial charge in [0.15, 0.2) is 0 Å². The van der Waals surface area contributed by atoms with Gasteiger partial charge in [0.2, 0.25) is 0 Å². The minimum atomic E-state index is -0.0134. The number of hydrogen-bond acceptors (Lipinski definition) is 4. The molecule has 0 radical (unpaired) electrons. The van der Waals surface area contributed by atoms with Crippen molar-refractivity contribution < 1.29 is 19.1 Å². The van der Waals surface area contributed by atoms with E-state index in [1.165, 1.54) is 77.0 Å². The van der Waals surface area contributed by atoms with Gasteiger partial charge in [-0.05, 0) is 37.5 Å². The first kappa shape index (κ1) is 32.9. The quantitative estimate of drug-likeness (QED) is 0.0961. The molecule has 0 heterocycles. The van der Waals surface area contributed by atoms with E-state index in [0.29, 0.717) is 37.9 Å². The lowest BCUT2D eigenvalue weighted by Crippen LogP contribution is -2.13. The van der Waals surface area contributed by atoms with Crippen LogP contribution in [-0.4, -0.2) is 25.2 Å². The summed E-state index contributed by atoms with van der Waals surface area (Å²) in [7, 11) is 0. The number of ether oxygens (including phenoxy) is 2. The molecular weight excluding hydrogens is 424 g/mol. The minimum absolute atomic E-state index is 0.0134. The van der Waals surface area contributed by atoms with Crippen LogP contribution in [0.5, 0.6) is 0 Å². The van der Waals surface area contributed by atoms with Crippen LogP contribution in [0, 0.1) is 11.8 Å². The molecule has 0 fully saturated rings. The van der Waals surface area contributed by atoms with Gasteiger partial charge in [-0.25, -0.2) is 0 Å². The average molecular weight is 483 g/mol. The molecule has 0 aliphatic heterocycles. The van der Waals surface area contributed by atoms with Crippen LogP contribution in [0.3, 0.4) is 0 Å². The molecule has 0 amide bonds. The van der Waals surface area contributed by atoms with E-state index in [0.717, 1.165) is 38.5 Å². The van der Waals surface area contributed by atoms with Crippen LogP contribution in [0.4, 0.5) is 0 Å². The third-order valence-electron chi connectivity index (χ3n) is 7.06. The van der Waals surface area contributed by atoms with Crippen LogP contribution in [0.15, 0.2) is 0 Å². The van der Waals surface area contributed by atoms with Gasteiger partial charge in [-0.1, -0.05) is 118 Å². The average Bonchev–Trinajstić information content (AvgIpc) is 2.84. The Morgan fingerprint density at radius 1 is 0.500 bits per heavy atom. The molecule has 4 nitrogen and oxygen atoms in total. The van der Waals surface area contributed by atoms with E-state index in [1.54, 1.807) is 0 Å². The molecule has 0 saturated carbocycles. The lowest BCUT2D eigenvalue weighted by molar-refractivity contribution is -0.146. The number of esters is 2. The second-order valence-corrected chi connectivity index (χ2v) is 10.2. The van der Waals surface area contributed by atoms with Crippen molar-refractivity contribution in [1.82, 2.24) is 0 Å². The number of unbranched alkanes of at least 4 members (excludes halogenated alkanes) is 11. The molecule has 0 bridgehead atoms. The molecule has 0 N–H and O–H groups in total. The SMILES string of the molecule is CCCCC(CC)COC(=O)CCCCCCCCCCCCC(=O)OCC(CC)CCCC. The van der Waals surface area contributed by atoms with Crippen LogP contribution < -0.4 is 0 Å². The Labute approximate surface area is 212 Å². The van der Waals surface area contributed by atoms with E-state index in [-0.39, 0.29) is 11.9 Å². The zero-order valence-corrected chi connectivity index (χ0v) is 23.3. The molecule has 0 saturated heterocycles. The first-order valence-corrected chi connectivity index (χ1v) is 14.9. The molecule has 34 heavy (non-hydrogen) atoms. The van der Waals surface area contributed by atoms with Crippen LogP contribution in [-0.2, 0) is 19.1 Å². The summed E-state index contributed by atoms with van der Waals surface area (Å²) in [6.45, 7) is 9.99. The summed E-state index contributed by atoms with van der Waals surface area (Å²) in [5.41, 5.74) is 0. The Balaban J connectivity index is 3.44. The Bertz CT molecular complexity index is 421. The molecule has 0 aliphatic carbocycles. The topological polar surface area (TPSA) is 52.6 Å². The maximum atomic E-state index is 11.9. The molecule has 0 aromatic heterocycles. The molecule has 0 aromatic carbocycles. The largest absolute Gasteiger partial charge is 0.465 e. The first-order chi connectivity index (χ1) is 16.6. The van der Waals surface area contributed by atoms with E-state index >= 15 is 0 Å². The van der Waals surface area contributed by atoms with Crippen LogP contribution in [0.25, 0.3) is 0 Å². The highest BCUT2D eigenvalue weighted by Crippen LogP contribution is 2.16. The van der Waals surface area contributed by atoms with Gasteiger partial charge in [0.05, 0.1) is 13.2 Å². The number of carbonyl (C=O) groups is 2. The highest BCUT2D eigenvalue weighted by atomic mass is 16.5. The van der Waals surface area contributed by atoms with E-state index in [1.807, 2.05) is 0 Å². The van der Waals surface area contributed by atoms with Crippen LogP contribution in [0.2, 0.25) is 0 Å². The summed E-state index contributed by atoms with van der Waals surface area (Å²) in [5.74, 6) is 1.04. The normalized spacial score (nSPS) is 12.9. The van der Waals surface area contributed by atoms with Crippen LogP contribution in [0.1, 0.15) is 156 Å². The van der Waals surface area contributed by atoms with Gasteiger partial charge in [0.1, 0.15) is 0 Å². The van der Waals surface area contributed by atoms with Crippen LogP contribution >= 0.6 is 0 Å². The lowest BCUT2D eigenvalue weighted by Gasteiger charge is -2.14. The Morgan fingerprint density at radius 3 is 1.12 bits per heavy atom. The highest BCUT2D eigenvalue weighted by molar-refractivity contribution is 5.69. The third-order valence-corrected chi connectivity index (χ3v) is 7.06. The van der Waals surface area contributed by atoms with Crippen molar-refractivity contribution in [1.29, 1.82) is 0 Å². The van der Waals surface area contributed by atoms with Gasteiger partial charge in [0.25, 0.3) is 0 Å². The predicted molar refractivity (Wildman–Crippen MR) is 144 cm³/mol. The summed E-state index contributed by atoms with van der Waals surface area (Å²) in [5, 5.41) is 0. The monoisotopic (exact) mass is 482 g/mol. The second kappa shape index (κ2) is 25.0. The summed E-state index contributed by atoms with van der Waals surface area (Å²) < 4.78 is 10.9. The highest BCUT2D eigenvalue weighted by Gasteiger charge is 2.11. The van der Waals surface area contributed by atoms with Gasteiger partial charge >= 0.3 is 11.9 Å². The molecule has 0 aromatic rings. The van der Waals surface area contributed by atoms with E-state index in [9.17, 15) is 9.59 Å². The fourth-order valence-corrected chi connectivity index (χ4v) is 4.32. The fourth-order valence-electron chi connectivity index (χ4n) is 4.32. The maximum Gasteiger partial charge on any atom is 0.305 e. The summed E-state index contributed by atoms with van der Waals surface area (Å²) in [4.78, 5) is 23.8. The van der Waals surface area contributed by atoms with E-state index in [4.69, 9.17) is 9.47 Å². The second-order valence-electron chi connectivity index (χ2n) is 10.2. The third kappa shape index (κ3) is 21.5. The minimum Gasteiger partial charge on any atom is -0.465 e. The molecule has 0 spiro atoms. The zero-order valence-electron chi connectivity index (χ0n) is 23.3. The predicted octanol–water partition coefficient (Wildman–Crippen LogP) is 9.19. The Morgan fingerprint density at radius 2 is 0.824 bits per heavy atom. The molecular formula is C30H58O4. The Hall–Kier alpha value is -1.06. The van der Waals surface area contributed by atoms with Crippen molar-refractivity contribution in [2.75, 3.05) is 13.2 Å². The smallest absolute Gasteiger partial charge is 0.305 e. The maximum absolute atomic E-state index is 11.9. The molecule has 2 unspecified atom stereocenters. The van der Waals surface area contributed by atoms with Crippen molar-refractivity contribution in [3.8, 4) is 0 Å². The number of hydrogen-bond donors (Lipinski definition) is 0. The number of rotatable bonds is 25. The molecule has 202 valence electrons. The van der Waals surface area contributed by atoms with Crippen molar-refractivity contribution in [3.05, 3.63) is 0 Å². The van der Waals surface area contributed by atoms with Gasteiger partial charge in [0, 0.05) is 12.8 Å². The van der Waals surface area contributed by atoms with Crippen molar-refractivity contribution in [2.24, 2.45) is 11.8 Å². The van der Waals surface area contributed by atoms with Gasteiger partial charge in [-0.15, -0.1) is 0 Å². The van der Waals surface area contributed by atoms with E-state index in [2.05, 4.69) is 27.7 Å². The lowest BCUT2D eigenvalue weighted by atomic mass is 10.0. The Kier molecular flexibility index (Phi) is 24.3. The molecule has 4 heteroatoms. The summed E-state index contributed by atoms with van der Waals surface area (Å²) >= 11 is 0. The summed E-state index contributed by atoms with van der Waals surface area (Å²) in [6.07, 6.45) is 22.2. The number of carbonyl (C=O) groups excluding carboxylic acids is 2. The fraction of sp³-hybridized carbons (Fsp3) is 0.933. The summed E-state index contributed by atoms with van der Waals surface area (Å²) in [6, 6.07) is 0. The molecule has 0 rings (SSSR count). The first-order valence-electron chi connectivity index (χ1n) is 14.9.